The SMILES string of the molecule is COC(C)(C)c1c(F)c(Cl)c(-c2cn3cc(NC(=O)[C@@H]4C[C@@H]4F)nc3cn2)c2cn[nH]c12. The summed E-state index contributed by atoms with van der Waals surface area (Å²) in [6, 6.07) is 0. The quantitative estimate of drug-likeness (QED) is 0.464. The van der Waals surface area contributed by atoms with Gasteiger partial charge in [0.25, 0.3) is 0 Å². The predicted molar refractivity (Wildman–Crippen MR) is 115 cm³/mol. The summed E-state index contributed by atoms with van der Waals surface area (Å²) in [6.45, 7) is 3.47. The smallest absolute Gasteiger partial charge is 0.231 e. The summed E-state index contributed by atoms with van der Waals surface area (Å²) in [5.41, 5.74) is 0.972. The first kappa shape index (κ1) is 20.8. The van der Waals surface area contributed by atoms with Crippen LogP contribution in [0.25, 0.3) is 27.8 Å². The van der Waals surface area contributed by atoms with Crippen molar-refractivity contribution in [1.29, 1.82) is 0 Å². The number of nitrogens with one attached hydrogen (secondary N) is 2. The van der Waals surface area contributed by atoms with Crippen LogP contribution < -0.4 is 5.32 Å². The van der Waals surface area contributed by atoms with Crippen LogP contribution in [0.2, 0.25) is 5.02 Å². The number of halogens is 3. The minimum atomic E-state index is -1.10. The number of ether oxygens (including phenoxy) is 1. The van der Waals surface area contributed by atoms with Crippen molar-refractivity contribution >= 4 is 39.9 Å². The summed E-state index contributed by atoms with van der Waals surface area (Å²) in [7, 11) is 1.49. The van der Waals surface area contributed by atoms with Crippen LogP contribution >= 0.6 is 11.6 Å². The van der Waals surface area contributed by atoms with E-state index >= 15 is 4.39 Å². The average molecular weight is 461 g/mol. The Labute approximate surface area is 185 Å². The van der Waals surface area contributed by atoms with Crippen LogP contribution in [-0.2, 0) is 15.1 Å². The van der Waals surface area contributed by atoms with Gasteiger partial charge in [-0.3, -0.25) is 14.9 Å². The average Bonchev–Trinajstić information content (AvgIpc) is 3.11. The Morgan fingerprint density at radius 1 is 1.38 bits per heavy atom. The first-order valence-corrected chi connectivity index (χ1v) is 10.3. The lowest BCUT2D eigenvalue weighted by Crippen LogP contribution is -2.22. The molecule has 1 aliphatic carbocycles. The molecule has 2 atom stereocenters. The fourth-order valence-electron chi connectivity index (χ4n) is 3.77. The molecule has 1 aromatic carbocycles. The van der Waals surface area contributed by atoms with E-state index in [-0.39, 0.29) is 22.8 Å². The molecule has 0 bridgehead atoms. The highest BCUT2D eigenvalue weighted by Gasteiger charge is 2.43. The zero-order valence-corrected chi connectivity index (χ0v) is 18.2. The molecular weight excluding hydrogens is 442 g/mol. The second kappa shape index (κ2) is 7.21. The summed E-state index contributed by atoms with van der Waals surface area (Å²) in [6.07, 6.45) is 5.37. The molecule has 11 heteroatoms. The minimum absolute atomic E-state index is 0.109. The van der Waals surface area contributed by atoms with Crippen LogP contribution in [0.4, 0.5) is 14.6 Å². The molecule has 2 N–H and O–H groups in total. The normalized spacial score (nSPS) is 18.4. The lowest BCUT2D eigenvalue weighted by atomic mass is 9.92. The molecule has 0 radical (unpaired) electrons. The van der Waals surface area contributed by atoms with E-state index in [4.69, 9.17) is 16.3 Å². The molecule has 1 aliphatic rings. The molecule has 3 aromatic heterocycles. The number of hydrogen-bond donors (Lipinski definition) is 2. The van der Waals surface area contributed by atoms with Gasteiger partial charge < -0.3 is 14.5 Å². The number of aromatic nitrogens is 5. The molecule has 8 nitrogen and oxygen atoms in total. The Balaban J connectivity index is 1.60. The molecule has 0 saturated heterocycles. The molecule has 1 fully saturated rings. The number of anilines is 1. The molecular formula is C21H19ClF2N6O2. The van der Waals surface area contributed by atoms with Gasteiger partial charge in [0.1, 0.15) is 6.17 Å². The lowest BCUT2D eigenvalue weighted by molar-refractivity contribution is -0.117. The van der Waals surface area contributed by atoms with E-state index < -0.39 is 29.4 Å². The van der Waals surface area contributed by atoms with E-state index in [9.17, 15) is 9.18 Å². The van der Waals surface area contributed by atoms with Crippen molar-refractivity contribution in [2.75, 3.05) is 12.4 Å². The Hall–Kier alpha value is -3.11. The van der Waals surface area contributed by atoms with Crippen molar-refractivity contribution in [1.82, 2.24) is 24.6 Å². The van der Waals surface area contributed by atoms with Gasteiger partial charge in [-0.15, -0.1) is 0 Å². The first-order valence-electron chi connectivity index (χ1n) is 9.91. The van der Waals surface area contributed by atoms with E-state index in [1.54, 1.807) is 36.8 Å². The highest BCUT2D eigenvalue weighted by molar-refractivity contribution is 6.35. The van der Waals surface area contributed by atoms with Crippen LogP contribution in [0.15, 0.2) is 24.8 Å². The van der Waals surface area contributed by atoms with Gasteiger partial charge in [-0.2, -0.15) is 5.10 Å². The van der Waals surface area contributed by atoms with E-state index in [0.29, 0.717) is 27.8 Å². The zero-order chi connectivity index (χ0) is 22.8. The van der Waals surface area contributed by atoms with Gasteiger partial charge in [-0.1, -0.05) is 11.6 Å². The molecule has 166 valence electrons. The summed E-state index contributed by atoms with van der Waals surface area (Å²) in [4.78, 5) is 20.7. The van der Waals surface area contributed by atoms with Crippen molar-refractivity contribution in [2.45, 2.75) is 32.0 Å². The number of hydrogen-bond acceptors (Lipinski definition) is 5. The Kier molecular flexibility index (Phi) is 4.68. The van der Waals surface area contributed by atoms with Crippen LogP contribution in [0.1, 0.15) is 25.8 Å². The summed E-state index contributed by atoms with van der Waals surface area (Å²) in [5.74, 6) is -1.39. The number of fused-ring (bicyclic) bond motifs is 2. The highest BCUT2D eigenvalue weighted by atomic mass is 35.5. The molecule has 0 aliphatic heterocycles. The van der Waals surface area contributed by atoms with Gasteiger partial charge in [-0.05, 0) is 20.3 Å². The van der Waals surface area contributed by atoms with Crippen molar-refractivity contribution in [3.8, 4) is 11.3 Å². The summed E-state index contributed by atoms with van der Waals surface area (Å²) in [5, 5.41) is 9.99. The van der Waals surface area contributed by atoms with E-state index in [0.717, 1.165) is 0 Å². The van der Waals surface area contributed by atoms with Gasteiger partial charge in [0.15, 0.2) is 17.3 Å². The van der Waals surface area contributed by atoms with Crippen LogP contribution in [0.5, 0.6) is 0 Å². The highest BCUT2D eigenvalue weighted by Crippen LogP contribution is 2.42. The van der Waals surface area contributed by atoms with E-state index in [1.807, 2.05) is 0 Å². The third kappa shape index (κ3) is 3.21. The molecule has 4 aromatic rings. The fourth-order valence-corrected chi connectivity index (χ4v) is 4.07. The number of nitrogens with zero attached hydrogens (tertiary/aromatic N) is 4. The zero-order valence-electron chi connectivity index (χ0n) is 17.4. The number of rotatable bonds is 5. The van der Waals surface area contributed by atoms with Crippen molar-refractivity contribution in [3.63, 3.8) is 0 Å². The number of H-pyrrole nitrogens is 1. The molecule has 0 spiro atoms. The molecule has 1 saturated carbocycles. The van der Waals surface area contributed by atoms with Gasteiger partial charge in [0.05, 0.1) is 46.3 Å². The largest absolute Gasteiger partial charge is 0.374 e. The Morgan fingerprint density at radius 2 is 2.12 bits per heavy atom. The van der Waals surface area contributed by atoms with Crippen molar-refractivity contribution < 1.29 is 18.3 Å². The van der Waals surface area contributed by atoms with Crippen LogP contribution in [0.3, 0.4) is 0 Å². The van der Waals surface area contributed by atoms with Crippen molar-refractivity contribution in [3.05, 3.63) is 41.2 Å². The number of aromatic amines is 1. The van der Waals surface area contributed by atoms with Crippen molar-refractivity contribution in [2.24, 2.45) is 5.92 Å². The van der Waals surface area contributed by atoms with Crippen LogP contribution in [0, 0.1) is 11.7 Å². The van der Waals surface area contributed by atoms with E-state index in [2.05, 4.69) is 25.5 Å². The number of carbonyl (C=O) groups excluding carboxylic acids is 1. The molecule has 32 heavy (non-hydrogen) atoms. The maximum atomic E-state index is 15.4. The number of amides is 1. The summed E-state index contributed by atoms with van der Waals surface area (Å²) >= 11 is 6.48. The van der Waals surface area contributed by atoms with Gasteiger partial charge >= 0.3 is 0 Å². The minimum Gasteiger partial charge on any atom is -0.374 e. The monoisotopic (exact) mass is 460 g/mol. The van der Waals surface area contributed by atoms with Crippen LogP contribution in [-0.4, -0.2) is 43.8 Å². The second-order valence-corrected chi connectivity index (χ2v) is 8.64. The predicted octanol–water partition coefficient (Wildman–Crippen LogP) is 4.24. The van der Waals surface area contributed by atoms with Gasteiger partial charge in [0, 0.05) is 29.8 Å². The topological polar surface area (TPSA) is 97.2 Å². The number of benzene rings is 1. The number of imidazole rings is 1. The first-order chi connectivity index (χ1) is 15.2. The number of carbonyl (C=O) groups is 1. The third-order valence-corrected chi connectivity index (χ3v) is 6.16. The maximum absolute atomic E-state index is 15.4. The Morgan fingerprint density at radius 3 is 2.81 bits per heavy atom. The second-order valence-electron chi connectivity index (χ2n) is 8.26. The molecule has 5 rings (SSSR count). The third-order valence-electron chi connectivity index (χ3n) is 5.80. The molecule has 1 amide bonds. The lowest BCUT2D eigenvalue weighted by Gasteiger charge is -2.25. The fraction of sp³-hybridized carbons (Fsp3) is 0.333. The summed E-state index contributed by atoms with van der Waals surface area (Å²) < 4.78 is 35.6. The Bertz CT molecular complexity index is 1380. The van der Waals surface area contributed by atoms with E-state index in [1.165, 1.54) is 13.3 Å². The maximum Gasteiger partial charge on any atom is 0.231 e. The number of methoxy groups -OCH3 is 1. The number of alkyl halides is 1. The van der Waals surface area contributed by atoms with Gasteiger partial charge in [0.2, 0.25) is 5.91 Å². The standard InChI is InChI=1S/C21H19ClF2N6O2/c1-21(2,32-3)16-18(24)17(22)15(10-5-26-29-19(10)16)12-7-30-8-13(27-14(30)6-25-12)28-20(31)9-4-11(9)23/h5-9,11H,4H2,1-3H3,(H,26,29)(H,28,31)/t9-,11+/m1/s1. The molecule has 0 unspecified atom stereocenters. The molecule has 3 heterocycles. The van der Waals surface area contributed by atoms with Gasteiger partial charge in [-0.25, -0.2) is 13.8 Å².